The number of anilines is 1. The van der Waals surface area contributed by atoms with E-state index in [0.29, 0.717) is 41.1 Å². The number of fused-ring (bicyclic) bond motifs is 1. The van der Waals surface area contributed by atoms with Crippen LogP contribution in [0.5, 0.6) is 0 Å². The van der Waals surface area contributed by atoms with Crippen molar-refractivity contribution in [3.63, 3.8) is 0 Å². The first-order valence-corrected chi connectivity index (χ1v) is 12.8. The Bertz CT molecular complexity index is 1490. The molecule has 2 amide bonds. The fraction of sp³-hybridized carbons (Fsp3) is 0.360. The number of thiophene rings is 1. The van der Waals surface area contributed by atoms with Crippen LogP contribution in [0.1, 0.15) is 63.6 Å². The maximum absolute atomic E-state index is 13.8. The largest absolute Gasteiger partial charge is 0.455 e. The molecule has 1 aliphatic rings. The van der Waals surface area contributed by atoms with Gasteiger partial charge in [-0.05, 0) is 63.5 Å². The van der Waals surface area contributed by atoms with E-state index in [2.05, 4.69) is 20.3 Å². The standard InChI is InChI=1S/C25H26F2N6O3S/c1-3-33-12-16(13(2)31-33)15-10-17(22(26)27)29-25-19(15)20(21(37-25)23(28)34)30-24(35)18-7-6-14(36-18)11-32-8-4-5-9-32/h6-7,10,12,22H,3-5,8-9,11H2,1-2H3,(H2,28,34)(H,30,35). The Labute approximate surface area is 215 Å². The number of amides is 2. The van der Waals surface area contributed by atoms with Crippen molar-refractivity contribution in [2.24, 2.45) is 5.73 Å². The number of hydrogen-bond donors (Lipinski definition) is 2. The number of rotatable bonds is 8. The van der Waals surface area contributed by atoms with Crippen molar-refractivity contribution in [3.8, 4) is 11.1 Å². The van der Waals surface area contributed by atoms with E-state index in [-0.39, 0.29) is 21.2 Å². The summed E-state index contributed by atoms with van der Waals surface area (Å²) < 4.78 is 35.0. The van der Waals surface area contributed by atoms with Crippen LogP contribution in [-0.4, -0.2) is 44.6 Å². The monoisotopic (exact) mass is 528 g/mol. The van der Waals surface area contributed by atoms with Gasteiger partial charge in [0, 0.05) is 23.7 Å². The molecule has 9 nitrogen and oxygen atoms in total. The van der Waals surface area contributed by atoms with Crippen LogP contribution in [0.25, 0.3) is 21.3 Å². The zero-order valence-corrected chi connectivity index (χ0v) is 21.2. The highest BCUT2D eigenvalue weighted by Gasteiger charge is 2.27. The van der Waals surface area contributed by atoms with Gasteiger partial charge < -0.3 is 15.5 Å². The van der Waals surface area contributed by atoms with Crippen molar-refractivity contribution in [1.82, 2.24) is 19.7 Å². The number of nitrogens with two attached hydrogens (primary N) is 1. The van der Waals surface area contributed by atoms with E-state index in [9.17, 15) is 18.4 Å². The molecule has 37 heavy (non-hydrogen) atoms. The molecular formula is C25H26F2N6O3S. The van der Waals surface area contributed by atoms with Gasteiger partial charge >= 0.3 is 0 Å². The van der Waals surface area contributed by atoms with E-state index in [1.54, 1.807) is 29.9 Å². The predicted octanol–water partition coefficient (Wildman–Crippen LogP) is 4.97. The molecule has 3 N–H and O–H groups in total. The van der Waals surface area contributed by atoms with Crippen molar-refractivity contribution < 1.29 is 22.8 Å². The molecule has 5 rings (SSSR count). The summed E-state index contributed by atoms with van der Waals surface area (Å²) in [4.78, 5) is 32.0. The molecular weight excluding hydrogens is 502 g/mol. The van der Waals surface area contributed by atoms with Gasteiger partial charge in [0.2, 0.25) is 0 Å². The number of hydrogen-bond acceptors (Lipinski definition) is 7. The van der Waals surface area contributed by atoms with Gasteiger partial charge in [0.1, 0.15) is 21.2 Å². The average molecular weight is 529 g/mol. The van der Waals surface area contributed by atoms with Crippen molar-refractivity contribution in [2.75, 3.05) is 18.4 Å². The Morgan fingerprint density at radius 3 is 2.65 bits per heavy atom. The summed E-state index contributed by atoms with van der Waals surface area (Å²) in [7, 11) is 0. The Kier molecular flexibility index (Phi) is 6.78. The summed E-state index contributed by atoms with van der Waals surface area (Å²) in [6.45, 7) is 6.82. The molecule has 0 aliphatic carbocycles. The minimum atomic E-state index is -2.83. The van der Waals surface area contributed by atoms with E-state index in [0.717, 1.165) is 37.3 Å². The SMILES string of the molecule is CCn1cc(-c2cc(C(F)F)nc3sc(C(N)=O)c(NC(=O)c4ccc(CN5CCCC5)o4)c23)c(C)n1. The fourth-order valence-corrected chi connectivity index (χ4v) is 5.61. The number of furan rings is 1. The molecule has 4 aromatic rings. The second-order valence-corrected chi connectivity index (χ2v) is 9.93. The molecule has 0 saturated carbocycles. The number of aryl methyl sites for hydroxylation is 2. The highest BCUT2D eigenvalue weighted by Crippen LogP contribution is 2.43. The van der Waals surface area contributed by atoms with E-state index in [1.165, 1.54) is 6.07 Å². The number of pyridine rings is 1. The number of carbonyl (C=O) groups is 2. The summed E-state index contributed by atoms with van der Waals surface area (Å²) >= 11 is 0.856. The van der Waals surface area contributed by atoms with E-state index >= 15 is 0 Å². The number of halogens is 2. The molecule has 0 bridgehead atoms. The first-order chi connectivity index (χ1) is 17.7. The minimum Gasteiger partial charge on any atom is -0.455 e. The van der Waals surface area contributed by atoms with Gasteiger partial charge in [-0.25, -0.2) is 13.8 Å². The lowest BCUT2D eigenvalue weighted by atomic mass is 10.0. The maximum Gasteiger partial charge on any atom is 0.291 e. The summed E-state index contributed by atoms with van der Waals surface area (Å²) in [5.41, 5.74) is 6.87. The Hall–Kier alpha value is -3.64. The Morgan fingerprint density at radius 1 is 1.24 bits per heavy atom. The first-order valence-electron chi connectivity index (χ1n) is 12.0. The van der Waals surface area contributed by atoms with Crippen molar-refractivity contribution in [1.29, 1.82) is 0 Å². The van der Waals surface area contributed by atoms with Gasteiger partial charge in [-0.3, -0.25) is 19.2 Å². The van der Waals surface area contributed by atoms with Crippen molar-refractivity contribution >= 4 is 39.1 Å². The Morgan fingerprint density at radius 2 is 2.00 bits per heavy atom. The van der Waals surface area contributed by atoms with E-state index in [4.69, 9.17) is 10.2 Å². The smallest absolute Gasteiger partial charge is 0.291 e. The van der Waals surface area contributed by atoms with Crippen LogP contribution in [0, 0.1) is 6.92 Å². The third-order valence-corrected chi connectivity index (χ3v) is 7.49. The molecule has 4 aromatic heterocycles. The van der Waals surface area contributed by atoms with Crippen molar-refractivity contribution in [2.45, 2.75) is 46.2 Å². The molecule has 1 aliphatic heterocycles. The van der Waals surface area contributed by atoms with E-state index in [1.807, 2.05) is 6.92 Å². The van der Waals surface area contributed by atoms with Crippen LogP contribution < -0.4 is 11.1 Å². The number of carbonyl (C=O) groups excluding carboxylic acids is 2. The summed E-state index contributed by atoms with van der Waals surface area (Å²) in [5.74, 6) is -0.667. The average Bonchev–Trinajstić information content (AvgIpc) is 3.66. The number of nitrogens with one attached hydrogen (secondary N) is 1. The fourth-order valence-electron chi connectivity index (χ4n) is 4.60. The predicted molar refractivity (Wildman–Crippen MR) is 136 cm³/mol. The first kappa shape index (κ1) is 25.0. The third kappa shape index (κ3) is 4.86. The number of nitrogens with zero attached hydrogens (tertiary/aromatic N) is 4. The van der Waals surface area contributed by atoms with Crippen LogP contribution in [0.4, 0.5) is 14.5 Å². The molecule has 194 valence electrons. The quantitative estimate of drug-likeness (QED) is 0.333. The minimum absolute atomic E-state index is 0.00731. The number of alkyl halides is 2. The van der Waals surface area contributed by atoms with Crippen LogP contribution in [0.2, 0.25) is 0 Å². The number of aromatic nitrogens is 3. The zero-order chi connectivity index (χ0) is 26.3. The number of primary amides is 1. The van der Waals surface area contributed by atoms with Gasteiger partial charge in [0.25, 0.3) is 18.2 Å². The molecule has 0 unspecified atom stereocenters. The van der Waals surface area contributed by atoms with Crippen LogP contribution in [0.15, 0.2) is 28.8 Å². The summed E-state index contributed by atoms with van der Waals surface area (Å²) in [6, 6.07) is 4.59. The molecule has 0 atom stereocenters. The van der Waals surface area contributed by atoms with Gasteiger partial charge in [-0.2, -0.15) is 5.10 Å². The molecule has 0 aromatic carbocycles. The van der Waals surface area contributed by atoms with Gasteiger partial charge in [0.05, 0.1) is 17.9 Å². The van der Waals surface area contributed by atoms with Gasteiger partial charge in [0.15, 0.2) is 5.76 Å². The van der Waals surface area contributed by atoms with Crippen LogP contribution in [0.3, 0.4) is 0 Å². The molecule has 0 radical (unpaired) electrons. The summed E-state index contributed by atoms with van der Waals surface area (Å²) in [6.07, 6.45) is 1.17. The highest BCUT2D eigenvalue weighted by molar-refractivity contribution is 7.21. The second kappa shape index (κ2) is 10.0. The lowest BCUT2D eigenvalue weighted by Crippen LogP contribution is -2.18. The highest BCUT2D eigenvalue weighted by atomic mass is 32.1. The molecule has 0 spiro atoms. The molecule has 1 fully saturated rings. The van der Waals surface area contributed by atoms with E-state index < -0.39 is 23.9 Å². The summed E-state index contributed by atoms with van der Waals surface area (Å²) in [5, 5.41) is 7.52. The zero-order valence-electron chi connectivity index (χ0n) is 20.4. The van der Waals surface area contributed by atoms with Gasteiger partial charge in [-0.15, -0.1) is 11.3 Å². The number of likely N-dealkylation sites (tertiary alicyclic amines) is 1. The van der Waals surface area contributed by atoms with Gasteiger partial charge in [-0.1, -0.05) is 0 Å². The third-order valence-electron chi connectivity index (χ3n) is 6.39. The maximum atomic E-state index is 13.8. The van der Waals surface area contributed by atoms with Crippen molar-refractivity contribution in [3.05, 3.63) is 52.2 Å². The molecule has 1 saturated heterocycles. The normalized spacial score (nSPS) is 14.2. The van der Waals surface area contributed by atoms with Crippen LogP contribution in [-0.2, 0) is 13.1 Å². The Balaban J connectivity index is 1.59. The second-order valence-electron chi connectivity index (χ2n) is 8.93. The van der Waals surface area contributed by atoms with Crippen LogP contribution >= 0.6 is 11.3 Å². The molecule has 12 heteroatoms. The lowest BCUT2D eigenvalue weighted by Gasteiger charge is -2.12. The topological polar surface area (TPSA) is 119 Å². The molecule has 5 heterocycles. The lowest BCUT2D eigenvalue weighted by molar-refractivity contribution is 0.0993.